The minimum absolute atomic E-state index is 0.355. The summed E-state index contributed by atoms with van der Waals surface area (Å²) >= 11 is 1.76. The van der Waals surface area contributed by atoms with Crippen molar-refractivity contribution in [3.63, 3.8) is 0 Å². The van der Waals surface area contributed by atoms with E-state index in [1.165, 1.54) is 4.88 Å². The molecule has 0 bridgehead atoms. The van der Waals surface area contributed by atoms with Gasteiger partial charge in [-0.25, -0.2) is 0 Å². The lowest BCUT2D eigenvalue weighted by Crippen LogP contribution is -2.30. The molecule has 5 heteroatoms. The van der Waals surface area contributed by atoms with Crippen molar-refractivity contribution in [2.75, 3.05) is 11.9 Å². The van der Waals surface area contributed by atoms with Crippen LogP contribution in [-0.4, -0.2) is 18.1 Å². The molecule has 18 heavy (non-hydrogen) atoms. The molecule has 2 aromatic heterocycles. The quantitative estimate of drug-likeness (QED) is 0.872. The highest BCUT2D eigenvalue weighted by Gasteiger charge is 2.17. The van der Waals surface area contributed by atoms with Crippen LogP contribution in [0.4, 0.5) is 6.01 Å². The van der Waals surface area contributed by atoms with Crippen molar-refractivity contribution in [3.05, 3.63) is 34.3 Å². The number of nitrogens with one attached hydrogen (secondary N) is 1. The van der Waals surface area contributed by atoms with Gasteiger partial charge in [0, 0.05) is 17.5 Å². The Balaban J connectivity index is 2.13. The van der Waals surface area contributed by atoms with Crippen LogP contribution in [0.1, 0.15) is 24.4 Å². The number of rotatable bonds is 6. The molecule has 0 aromatic carbocycles. The molecule has 0 aliphatic carbocycles. The molecule has 2 aromatic rings. The largest absolute Gasteiger partial charge is 0.432 e. The molecule has 0 amide bonds. The molecule has 0 spiro atoms. The topological polar surface area (TPSA) is 41.3 Å². The Hall–Kier alpha value is -1.33. The molecule has 0 aliphatic rings. The van der Waals surface area contributed by atoms with Crippen LogP contribution in [0, 0.1) is 0 Å². The summed E-state index contributed by atoms with van der Waals surface area (Å²) in [5.41, 5.74) is 0.935. The predicted molar refractivity (Wildman–Crippen MR) is 74.9 cm³/mol. The van der Waals surface area contributed by atoms with Crippen LogP contribution in [0.25, 0.3) is 0 Å². The summed E-state index contributed by atoms with van der Waals surface area (Å²) in [6, 6.07) is 5.26. The number of hydrogen-bond donors (Lipinski definition) is 1. The van der Waals surface area contributed by atoms with Gasteiger partial charge in [0.1, 0.15) is 6.26 Å². The molecular formula is C13H19N3OS. The fraction of sp³-hybridized carbons (Fsp3) is 0.462. The Bertz CT molecular complexity index is 464. The summed E-state index contributed by atoms with van der Waals surface area (Å²) in [6.07, 6.45) is 1.72. The maximum Gasteiger partial charge on any atom is 0.298 e. The zero-order chi connectivity index (χ0) is 13.0. The van der Waals surface area contributed by atoms with E-state index < -0.39 is 0 Å². The maximum absolute atomic E-state index is 5.57. The van der Waals surface area contributed by atoms with E-state index >= 15 is 0 Å². The molecule has 0 saturated heterocycles. The van der Waals surface area contributed by atoms with Gasteiger partial charge in [0.2, 0.25) is 0 Å². The third-order valence-corrected chi connectivity index (χ3v) is 3.53. The van der Waals surface area contributed by atoms with Crippen molar-refractivity contribution in [2.45, 2.75) is 33.0 Å². The maximum atomic E-state index is 5.57. The Morgan fingerprint density at radius 2 is 2.33 bits per heavy atom. The molecule has 2 rings (SSSR count). The van der Waals surface area contributed by atoms with Gasteiger partial charge in [-0.1, -0.05) is 6.07 Å². The highest BCUT2D eigenvalue weighted by Crippen LogP contribution is 2.21. The van der Waals surface area contributed by atoms with Crippen LogP contribution in [-0.2, 0) is 13.1 Å². The number of nitrogens with zero attached hydrogens (tertiary/aromatic N) is 2. The molecule has 0 fully saturated rings. The van der Waals surface area contributed by atoms with Crippen molar-refractivity contribution < 1.29 is 4.42 Å². The second-order valence-electron chi connectivity index (χ2n) is 4.45. The fourth-order valence-corrected chi connectivity index (χ4v) is 2.43. The molecule has 1 N–H and O–H groups in total. The van der Waals surface area contributed by atoms with E-state index in [0.717, 1.165) is 18.8 Å². The summed E-state index contributed by atoms with van der Waals surface area (Å²) in [7, 11) is 1.90. The molecular weight excluding hydrogens is 246 g/mol. The minimum atomic E-state index is 0.355. The number of hydrogen-bond acceptors (Lipinski definition) is 5. The lowest BCUT2D eigenvalue weighted by molar-refractivity contribution is 0.510. The van der Waals surface area contributed by atoms with E-state index in [2.05, 4.69) is 46.6 Å². The van der Waals surface area contributed by atoms with Crippen LogP contribution in [0.3, 0.4) is 0 Å². The van der Waals surface area contributed by atoms with Gasteiger partial charge in [0.05, 0.1) is 12.2 Å². The first kappa shape index (κ1) is 13.1. The van der Waals surface area contributed by atoms with Crippen LogP contribution in [0.2, 0.25) is 0 Å². The third-order valence-electron chi connectivity index (χ3n) is 2.67. The van der Waals surface area contributed by atoms with Crippen LogP contribution >= 0.6 is 11.3 Å². The monoisotopic (exact) mass is 265 g/mol. The van der Waals surface area contributed by atoms with Gasteiger partial charge < -0.3 is 14.6 Å². The number of thiophene rings is 1. The average molecular weight is 265 g/mol. The predicted octanol–water partition coefficient (Wildman–Crippen LogP) is 2.87. The van der Waals surface area contributed by atoms with Gasteiger partial charge in [-0.15, -0.1) is 11.3 Å². The van der Waals surface area contributed by atoms with E-state index in [9.17, 15) is 0 Å². The highest BCUT2D eigenvalue weighted by molar-refractivity contribution is 7.09. The molecule has 0 aliphatic heterocycles. The Morgan fingerprint density at radius 1 is 1.50 bits per heavy atom. The minimum Gasteiger partial charge on any atom is -0.432 e. The van der Waals surface area contributed by atoms with E-state index in [-0.39, 0.29) is 0 Å². The lowest BCUT2D eigenvalue weighted by Gasteiger charge is -2.24. The second-order valence-corrected chi connectivity index (χ2v) is 5.49. The summed E-state index contributed by atoms with van der Waals surface area (Å²) in [4.78, 5) is 7.99. The number of aromatic nitrogens is 1. The van der Waals surface area contributed by atoms with Gasteiger partial charge in [-0.2, -0.15) is 4.98 Å². The summed E-state index contributed by atoms with van der Waals surface area (Å²) in [5, 5.41) is 5.17. The van der Waals surface area contributed by atoms with Crippen molar-refractivity contribution >= 4 is 17.4 Å². The first-order valence-electron chi connectivity index (χ1n) is 6.08. The normalized spacial score (nSPS) is 11.1. The summed E-state index contributed by atoms with van der Waals surface area (Å²) in [5.74, 6) is 0. The van der Waals surface area contributed by atoms with Crippen LogP contribution in [0.5, 0.6) is 0 Å². The number of anilines is 1. The van der Waals surface area contributed by atoms with Crippen molar-refractivity contribution in [3.8, 4) is 0 Å². The van der Waals surface area contributed by atoms with E-state index in [1.807, 2.05) is 7.05 Å². The van der Waals surface area contributed by atoms with Crippen molar-refractivity contribution in [1.29, 1.82) is 0 Å². The smallest absolute Gasteiger partial charge is 0.298 e. The van der Waals surface area contributed by atoms with Crippen molar-refractivity contribution in [1.82, 2.24) is 10.3 Å². The Kier molecular flexibility index (Phi) is 4.38. The zero-order valence-corrected chi connectivity index (χ0v) is 11.8. The highest BCUT2D eigenvalue weighted by atomic mass is 32.1. The molecule has 0 radical (unpaired) electrons. The third kappa shape index (κ3) is 3.11. The van der Waals surface area contributed by atoms with Crippen LogP contribution in [0.15, 0.2) is 28.2 Å². The second kappa shape index (κ2) is 6.02. The summed E-state index contributed by atoms with van der Waals surface area (Å²) < 4.78 is 5.57. The van der Waals surface area contributed by atoms with E-state index in [4.69, 9.17) is 4.42 Å². The molecule has 98 valence electrons. The first-order chi connectivity index (χ1) is 8.70. The van der Waals surface area contributed by atoms with E-state index in [1.54, 1.807) is 17.6 Å². The Morgan fingerprint density at radius 3 is 2.94 bits per heavy atom. The first-order valence-corrected chi connectivity index (χ1v) is 6.96. The van der Waals surface area contributed by atoms with Crippen molar-refractivity contribution in [2.24, 2.45) is 0 Å². The molecule has 0 saturated carbocycles. The lowest BCUT2D eigenvalue weighted by atomic mass is 10.3. The summed E-state index contributed by atoms with van der Waals surface area (Å²) in [6.45, 7) is 5.87. The zero-order valence-electron chi connectivity index (χ0n) is 11.0. The SMILES string of the molecule is CNCc1coc(N(Cc2cccs2)C(C)C)n1. The Labute approximate surface area is 112 Å². The van der Waals surface area contributed by atoms with Gasteiger partial charge >= 0.3 is 0 Å². The fourth-order valence-electron chi connectivity index (χ4n) is 1.73. The average Bonchev–Trinajstić information content (AvgIpc) is 2.96. The number of oxazole rings is 1. The van der Waals surface area contributed by atoms with Gasteiger partial charge in [-0.05, 0) is 32.3 Å². The molecule has 2 heterocycles. The molecule has 4 nitrogen and oxygen atoms in total. The van der Waals surface area contributed by atoms with Crippen LogP contribution < -0.4 is 10.2 Å². The van der Waals surface area contributed by atoms with E-state index in [0.29, 0.717) is 12.1 Å². The molecule has 0 atom stereocenters. The standard InChI is InChI=1S/C13H19N3OS/c1-10(2)16(8-12-5-4-6-18-12)13-15-11(7-14-3)9-17-13/h4-6,9-10,14H,7-8H2,1-3H3. The van der Waals surface area contributed by atoms with Gasteiger partial charge in [0.15, 0.2) is 0 Å². The van der Waals surface area contributed by atoms with Gasteiger partial charge in [0.25, 0.3) is 6.01 Å². The molecule has 0 unspecified atom stereocenters. The van der Waals surface area contributed by atoms with Gasteiger partial charge in [-0.3, -0.25) is 0 Å².